The maximum absolute atomic E-state index is 12.1. The number of imide groups is 1. The molecule has 4 heteroatoms. The molecule has 0 aromatic heterocycles. The fourth-order valence-corrected chi connectivity index (χ4v) is 2.84. The molecule has 22 heavy (non-hydrogen) atoms. The summed E-state index contributed by atoms with van der Waals surface area (Å²) in [5.41, 5.74) is 1.12. The topological polar surface area (TPSA) is 40.6 Å². The van der Waals surface area contributed by atoms with Crippen LogP contribution in [-0.2, 0) is 16.1 Å². The first kappa shape index (κ1) is 14.5. The Morgan fingerprint density at radius 3 is 2.77 bits per heavy atom. The number of fused-ring (bicyclic) bond motifs is 1. The summed E-state index contributed by atoms with van der Waals surface area (Å²) >= 11 is 0. The van der Waals surface area contributed by atoms with Gasteiger partial charge in [0, 0.05) is 25.6 Å². The number of amides is 2. The SMILES string of the molecule is C/C=C/C(=O)N1C(=O)CCN1Cc1cccc2ccccc12. The average Bonchev–Trinajstić information content (AvgIpc) is 2.89. The van der Waals surface area contributed by atoms with Gasteiger partial charge in [0.1, 0.15) is 0 Å². The molecule has 0 atom stereocenters. The van der Waals surface area contributed by atoms with E-state index in [0.29, 0.717) is 19.5 Å². The van der Waals surface area contributed by atoms with Crippen molar-refractivity contribution in [3.63, 3.8) is 0 Å². The Morgan fingerprint density at radius 1 is 1.18 bits per heavy atom. The molecule has 1 saturated heterocycles. The summed E-state index contributed by atoms with van der Waals surface area (Å²) in [6.07, 6.45) is 3.47. The molecule has 0 unspecified atom stereocenters. The molecule has 0 saturated carbocycles. The van der Waals surface area contributed by atoms with Gasteiger partial charge in [-0.3, -0.25) is 9.59 Å². The van der Waals surface area contributed by atoms with Gasteiger partial charge in [-0.2, -0.15) is 0 Å². The molecule has 0 bridgehead atoms. The summed E-state index contributed by atoms with van der Waals surface area (Å²) in [6, 6.07) is 14.3. The number of nitrogens with zero attached hydrogens (tertiary/aromatic N) is 2. The van der Waals surface area contributed by atoms with Crippen LogP contribution in [0.1, 0.15) is 18.9 Å². The second-order valence-electron chi connectivity index (χ2n) is 5.32. The van der Waals surface area contributed by atoms with Crippen molar-refractivity contribution < 1.29 is 9.59 Å². The lowest BCUT2D eigenvalue weighted by Crippen LogP contribution is -2.42. The molecule has 3 rings (SSSR count). The van der Waals surface area contributed by atoms with Gasteiger partial charge >= 0.3 is 0 Å². The van der Waals surface area contributed by atoms with Crippen molar-refractivity contribution >= 4 is 22.6 Å². The molecule has 4 nitrogen and oxygen atoms in total. The maximum atomic E-state index is 12.1. The van der Waals surface area contributed by atoms with E-state index < -0.39 is 0 Å². The lowest BCUT2D eigenvalue weighted by Gasteiger charge is -2.25. The fourth-order valence-electron chi connectivity index (χ4n) is 2.84. The summed E-state index contributed by atoms with van der Waals surface area (Å²) in [5, 5.41) is 5.41. The van der Waals surface area contributed by atoms with E-state index in [2.05, 4.69) is 18.2 Å². The van der Waals surface area contributed by atoms with Crippen molar-refractivity contribution in [1.82, 2.24) is 10.0 Å². The van der Waals surface area contributed by atoms with E-state index in [9.17, 15) is 9.59 Å². The molecule has 0 spiro atoms. The van der Waals surface area contributed by atoms with Gasteiger partial charge in [0.25, 0.3) is 5.91 Å². The molecule has 0 aliphatic carbocycles. The Labute approximate surface area is 129 Å². The van der Waals surface area contributed by atoms with E-state index in [0.717, 1.165) is 16.3 Å². The molecular formula is C18H18N2O2. The normalized spacial score (nSPS) is 16.0. The van der Waals surface area contributed by atoms with E-state index >= 15 is 0 Å². The minimum absolute atomic E-state index is 0.136. The zero-order valence-corrected chi connectivity index (χ0v) is 12.5. The number of hydrogen-bond acceptors (Lipinski definition) is 3. The van der Waals surface area contributed by atoms with Gasteiger partial charge in [-0.15, -0.1) is 0 Å². The Bertz CT molecular complexity index is 746. The second kappa shape index (κ2) is 6.12. The van der Waals surface area contributed by atoms with Crippen molar-refractivity contribution in [2.45, 2.75) is 19.9 Å². The first-order valence-electron chi connectivity index (χ1n) is 7.42. The number of hydrogen-bond donors (Lipinski definition) is 0. The summed E-state index contributed by atoms with van der Waals surface area (Å²) in [4.78, 5) is 24.1. The van der Waals surface area contributed by atoms with Crippen LogP contribution in [0.4, 0.5) is 0 Å². The Balaban J connectivity index is 1.91. The van der Waals surface area contributed by atoms with E-state index in [1.807, 2.05) is 29.3 Å². The van der Waals surface area contributed by atoms with Crippen LogP contribution in [0, 0.1) is 0 Å². The van der Waals surface area contributed by atoms with Crippen molar-refractivity contribution in [2.24, 2.45) is 0 Å². The maximum Gasteiger partial charge on any atom is 0.267 e. The van der Waals surface area contributed by atoms with Crippen molar-refractivity contribution in [3.05, 3.63) is 60.2 Å². The summed E-state index contributed by atoms with van der Waals surface area (Å²) in [5.74, 6) is -0.409. The highest BCUT2D eigenvalue weighted by Gasteiger charge is 2.33. The summed E-state index contributed by atoms with van der Waals surface area (Å²) in [7, 11) is 0. The third-order valence-electron chi connectivity index (χ3n) is 3.85. The zero-order chi connectivity index (χ0) is 15.5. The van der Waals surface area contributed by atoms with Gasteiger partial charge in [-0.25, -0.2) is 10.0 Å². The van der Waals surface area contributed by atoms with E-state index in [1.54, 1.807) is 13.0 Å². The molecule has 0 N–H and O–H groups in total. The highest BCUT2D eigenvalue weighted by atomic mass is 16.2. The number of carbonyl (C=O) groups is 2. The standard InChI is InChI=1S/C18H18N2O2/c1-2-6-17(21)20-18(22)11-12-19(20)13-15-9-5-8-14-7-3-4-10-16(14)15/h2-10H,11-13H2,1H3/b6-2+. The van der Waals surface area contributed by atoms with Crippen molar-refractivity contribution in [3.8, 4) is 0 Å². The van der Waals surface area contributed by atoms with Crippen LogP contribution in [0.2, 0.25) is 0 Å². The number of rotatable bonds is 3. The average molecular weight is 294 g/mol. The minimum atomic E-state index is -0.273. The molecule has 1 heterocycles. The molecule has 0 radical (unpaired) electrons. The smallest absolute Gasteiger partial charge is 0.267 e. The Morgan fingerprint density at radius 2 is 1.95 bits per heavy atom. The van der Waals surface area contributed by atoms with Crippen molar-refractivity contribution in [1.29, 1.82) is 0 Å². The van der Waals surface area contributed by atoms with Gasteiger partial charge < -0.3 is 0 Å². The highest BCUT2D eigenvalue weighted by Crippen LogP contribution is 2.23. The molecule has 1 aliphatic heterocycles. The number of allylic oxidation sites excluding steroid dienone is 1. The fraction of sp³-hybridized carbons (Fsp3) is 0.222. The minimum Gasteiger partial charge on any atom is -0.273 e. The monoisotopic (exact) mass is 294 g/mol. The van der Waals surface area contributed by atoms with E-state index in [-0.39, 0.29) is 11.8 Å². The molecule has 2 aromatic carbocycles. The van der Waals surface area contributed by atoms with E-state index in [4.69, 9.17) is 0 Å². The second-order valence-corrected chi connectivity index (χ2v) is 5.32. The molecule has 1 fully saturated rings. The Hall–Kier alpha value is -2.46. The third kappa shape index (κ3) is 2.65. The largest absolute Gasteiger partial charge is 0.273 e. The molecular weight excluding hydrogens is 276 g/mol. The number of hydrazine groups is 1. The number of carbonyl (C=O) groups excluding carboxylic acids is 2. The first-order chi connectivity index (χ1) is 10.7. The summed E-state index contributed by atoms with van der Waals surface area (Å²) in [6.45, 7) is 2.90. The lowest BCUT2D eigenvalue weighted by atomic mass is 10.0. The third-order valence-corrected chi connectivity index (χ3v) is 3.85. The van der Waals surface area contributed by atoms with Gasteiger partial charge in [-0.1, -0.05) is 48.5 Å². The van der Waals surface area contributed by atoms with Gasteiger partial charge in [0.05, 0.1) is 0 Å². The Kier molecular flexibility index (Phi) is 4.02. The van der Waals surface area contributed by atoms with Crippen LogP contribution >= 0.6 is 0 Å². The van der Waals surface area contributed by atoms with Crippen molar-refractivity contribution in [2.75, 3.05) is 6.54 Å². The van der Waals surface area contributed by atoms with Crippen LogP contribution in [0.25, 0.3) is 10.8 Å². The molecule has 2 aromatic rings. The molecule has 1 aliphatic rings. The lowest BCUT2D eigenvalue weighted by molar-refractivity contribution is -0.153. The quantitative estimate of drug-likeness (QED) is 0.817. The van der Waals surface area contributed by atoms with Gasteiger partial charge in [-0.05, 0) is 23.3 Å². The predicted molar refractivity (Wildman–Crippen MR) is 85.6 cm³/mol. The predicted octanol–water partition coefficient (Wildman–Crippen LogP) is 2.89. The molecule has 2 amide bonds. The van der Waals surface area contributed by atoms with Gasteiger partial charge in [0.15, 0.2) is 0 Å². The highest BCUT2D eigenvalue weighted by molar-refractivity contribution is 6.01. The van der Waals surface area contributed by atoms with Crippen LogP contribution < -0.4 is 0 Å². The van der Waals surface area contributed by atoms with Crippen LogP contribution in [0.5, 0.6) is 0 Å². The van der Waals surface area contributed by atoms with E-state index in [1.165, 1.54) is 11.1 Å². The van der Waals surface area contributed by atoms with Crippen LogP contribution in [0.15, 0.2) is 54.6 Å². The summed E-state index contributed by atoms with van der Waals surface area (Å²) < 4.78 is 0. The van der Waals surface area contributed by atoms with Crippen LogP contribution in [0.3, 0.4) is 0 Å². The van der Waals surface area contributed by atoms with Gasteiger partial charge in [0.2, 0.25) is 5.91 Å². The number of benzene rings is 2. The van der Waals surface area contributed by atoms with Crippen LogP contribution in [-0.4, -0.2) is 28.4 Å². The first-order valence-corrected chi connectivity index (χ1v) is 7.42. The molecule has 112 valence electrons. The zero-order valence-electron chi connectivity index (χ0n) is 12.5.